The molecular weight excluding hydrogens is 436 g/mol. The summed E-state index contributed by atoms with van der Waals surface area (Å²) in [6.07, 6.45) is -0.794. The van der Waals surface area contributed by atoms with Gasteiger partial charge in [-0.05, 0) is 48.5 Å². The van der Waals surface area contributed by atoms with E-state index in [2.05, 4.69) is 10.6 Å². The van der Waals surface area contributed by atoms with E-state index in [9.17, 15) is 28.8 Å². The van der Waals surface area contributed by atoms with Crippen LogP contribution in [-0.2, 0) is 28.7 Å². The highest BCUT2D eigenvalue weighted by Crippen LogP contribution is 2.09. The fourth-order valence-corrected chi connectivity index (χ4v) is 2.26. The first-order chi connectivity index (χ1) is 14.8. The Balaban J connectivity index is 0. The van der Waals surface area contributed by atoms with Crippen LogP contribution >= 0.6 is 0 Å². The molecule has 0 unspecified atom stereocenters. The smallest absolute Gasteiger partial charge is 0.407 e. The first-order valence-corrected chi connectivity index (χ1v) is 10.3. The molecule has 12 heteroatoms. The van der Waals surface area contributed by atoms with Crippen LogP contribution in [0.3, 0.4) is 0 Å². The quantitative estimate of drug-likeness (QED) is 0.337. The number of nitrogens with one attached hydrogen (secondary N) is 2. The Hall–Kier alpha value is -3.18. The third-order valence-electron chi connectivity index (χ3n) is 3.25. The van der Waals surface area contributed by atoms with Crippen molar-refractivity contribution in [2.24, 2.45) is 11.5 Å². The zero-order valence-corrected chi connectivity index (χ0v) is 20.5. The number of amides is 4. The number of nitrogens with two attached hydrogens (primary N) is 2. The van der Waals surface area contributed by atoms with Gasteiger partial charge in [-0.25, -0.2) is 9.59 Å². The SMILES string of the molecule is CC(=O)C[C@H](CC(N)=O)NC(=O)OC(C)(C)C.CC(C)(C)OC(=O)N[C@H](CC=O)CC(N)=O. The summed E-state index contributed by atoms with van der Waals surface area (Å²) in [6.45, 7) is 11.7. The van der Waals surface area contributed by atoms with Crippen LogP contribution in [0.1, 0.15) is 74.1 Å². The van der Waals surface area contributed by atoms with E-state index >= 15 is 0 Å². The van der Waals surface area contributed by atoms with Crippen molar-refractivity contribution in [1.82, 2.24) is 10.6 Å². The Morgan fingerprint density at radius 3 is 1.42 bits per heavy atom. The molecule has 0 bridgehead atoms. The number of aldehydes is 1. The number of carbonyl (C=O) groups is 6. The third-order valence-corrected chi connectivity index (χ3v) is 3.25. The zero-order valence-electron chi connectivity index (χ0n) is 20.5. The van der Waals surface area contributed by atoms with Crippen LogP contribution in [0.4, 0.5) is 9.59 Å². The van der Waals surface area contributed by atoms with Crippen LogP contribution in [0.25, 0.3) is 0 Å². The molecule has 4 amide bonds. The van der Waals surface area contributed by atoms with Crippen LogP contribution in [0.15, 0.2) is 0 Å². The summed E-state index contributed by atoms with van der Waals surface area (Å²) in [7, 11) is 0. The van der Waals surface area contributed by atoms with Crippen LogP contribution < -0.4 is 22.1 Å². The van der Waals surface area contributed by atoms with Gasteiger partial charge in [-0.2, -0.15) is 0 Å². The molecule has 190 valence electrons. The molecule has 2 atom stereocenters. The second-order valence-corrected chi connectivity index (χ2v) is 9.34. The molecule has 0 aromatic heterocycles. The lowest BCUT2D eigenvalue weighted by Crippen LogP contribution is -2.41. The van der Waals surface area contributed by atoms with E-state index in [0.717, 1.165) is 0 Å². The predicted molar refractivity (Wildman–Crippen MR) is 120 cm³/mol. The molecule has 33 heavy (non-hydrogen) atoms. The average Bonchev–Trinajstić information content (AvgIpc) is 2.49. The molecule has 0 aliphatic heterocycles. The van der Waals surface area contributed by atoms with Crippen molar-refractivity contribution in [3.05, 3.63) is 0 Å². The van der Waals surface area contributed by atoms with Gasteiger partial charge < -0.3 is 36.4 Å². The minimum Gasteiger partial charge on any atom is -0.444 e. The van der Waals surface area contributed by atoms with Crippen LogP contribution in [0.5, 0.6) is 0 Å². The maximum atomic E-state index is 11.4. The van der Waals surface area contributed by atoms with E-state index < -0.39 is 47.3 Å². The van der Waals surface area contributed by atoms with Gasteiger partial charge in [-0.1, -0.05) is 0 Å². The van der Waals surface area contributed by atoms with E-state index in [-0.39, 0.29) is 31.5 Å². The highest BCUT2D eigenvalue weighted by Gasteiger charge is 2.22. The van der Waals surface area contributed by atoms with Gasteiger partial charge >= 0.3 is 12.2 Å². The molecule has 0 fully saturated rings. The number of ketones is 1. The van der Waals surface area contributed by atoms with Crippen molar-refractivity contribution in [2.75, 3.05) is 0 Å². The lowest BCUT2D eigenvalue weighted by Gasteiger charge is -2.22. The number of primary amides is 2. The Bertz CT molecular complexity index is 679. The number of hydrogen-bond acceptors (Lipinski definition) is 8. The molecule has 0 aromatic rings. The monoisotopic (exact) mass is 474 g/mol. The minimum absolute atomic E-state index is 0.0299. The van der Waals surface area contributed by atoms with Gasteiger partial charge in [0.1, 0.15) is 23.3 Å². The molecule has 0 rings (SSSR count). The van der Waals surface area contributed by atoms with Gasteiger partial charge in [0.2, 0.25) is 11.8 Å². The maximum Gasteiger partial charge on any atom is 0.407 e. The number of ether oxygens (including phenoxy) is 2. The van der Waals surface area contributed by atoms with Crippen LogP contribution in [-0.4, -0.2) is 59.4 Å². The van der Waals surface area contributed by atoms with Gasteiger partial charge in [0, 0.05) is 37.8 Å². The van der Waals surface area contributed by atoms with E-state index in [1.54, 1.807) is 41.5 Å². The van der Waals surface area contributed by atoms with Crippen molar-refractivity contribution in [3.63, 3.8) is 0 Å². The van der Waals surface area contributed by atoms with Crippen molar-refractivity contribution >= 4 is 36.1 Å². The molecule has 0 aliphatic carbocycles. The molecule has 0 aromatic carbocycles. The fraction of sp³-hybridized carbons (Fsp3) is 0.714. The molecule has 0 saturated carbocycles. The molecule has 6 N–H and O–H groups in total. The summed E-state index contributed by atoms with van der Waals surface area (Å²) in [5, 5.41) is 4.87. The summed E-state index contributed by atoms with van der Waals surface area (Å²) in [5.74, 6) is -1.29. The van der Waals surface area contributed by atoms with Gasteiger partial charge in [-0.15, -0.1) is 0 Å². The fourth-order valence-electron chi connectivity index (χ4n) is 2.26. The highest BCUT2D eigenvalue weighted by molar-refractivity contribution is 5.80. The molecule has 0 spiro atoms. The summed E-state index contributed by atoms with van der Waals surface area (Å²) < 4.78 is 10.00. The first-order valence-electron chi connectivity index (χ1n) is 10.3. The Morgan fingerprint density at radius 1 is 0.758 bits per heavy atom. The first kappa shape index (κ1) is 32.0. The predicted octanol–water partition coefficient (Wildman–Crippen LogP) is 1.08. The number of carbonyl (C=O) groups excluding carboxylic acids is 6. The van der Waals surface area contributed by atoms with Crippen molar-refractivity contribution in [3.8, 4) is 0 Å². The lowest BCUT2D eigenvalue weighted by atomic mass is 10.1. The molecular formula is C21H38N4O8. The van der Waals surface area contributed by atoms with Crippen molar-refractivity contribution in [1.29, 1.82) is 0 Å². The van der Waals surface area contributed by atoms with E-state index in [1.807, 2.05) is 0 Å². The second-order valence-electron chi connectivity index (χ2n) is 9.34. The second kappa shape index (κ2) is 14.8. The highest BCUT2D eigenvalue weighted by atomic mass is 16.6. The zero-order chi connectivity index (χ0) is 26.4. The molecule has 0 radical (unpaired) electrons. The molecule has 0 heterocycles. The van der Waals surface area contributed by atoms with Gasteiger partial charge in [0.15, 0.2) is 0 Å². The summed E-state index contributed by atoms with van der Waals surface area (Å²) in [5.41, 5.74) is 8.76. The van der Waals surface area contributed by atoms with Crippen LogP contribution in [0, 0.1) is 0 Å². The van der Waals surface area contributed by atoms with Gasteiger partial charge in [0.05, 0.1) is 0 Å². The number of rotatable bonds is 10. The lowest BCUT2D eigenvalue weighted by molar-refractivity contribution is -0.120. The largest absolute Gasteiger partial charge is 0.444 e. The standard InChI is InChI=1S/C11H20N2O4.C10H18N2O4/c1-7(14)5-8(6-9(12)15)13-10(16)17-11(2,3)4;1-10(2,3)16-9(15)12-7(4-5-13)6-8(11)14/h8H,5-6H2,1-4H3,(H2,12,15)(H,13,16);5,7H,4,6H2,1-3H3,(H2,11,14)(H,12,15)/t8-;7-/m11/s1. The van der Waals surface area contributed by atoms with Crippen molar-refractivity contribution in [2.45, 2.75) is 97.4 Å². The third kappa shape index (κ3) is 23.3. The number of alkyl carbamates (subject to hydrolysis) is 2. The van der Waals surface area contributed by atoms with E-state index in [0.29, 0.717) is 6.29 Å². The van der Waals surface area contributed by atoms with Gasteiger partial charge in [0.25, 0.3) is 0 Å². The Labute approximate surface area is 194 Å². The Kier molecular flexibility index (Phi) is 14.4. The molecule has 0 saturated heterocycles. The topological polar surface area (TPSA) is 197 Å². The Morgan fingerprint density at radius 2 is 1.12 bits per heavy atom. The number of hydrogen-bond donors (Lipinski definition) is 4. The number of Topliss-reactive ketones (excluding diaryl/α,β-unsaturated/α-hetero) is 1. The van der Waals surface area contributed by atoms with Crippen molar-refractivity contribution < 1.29 is 38.2 Å². The minimum atomic E-state index is -0.666. The van der Waals surface area contributed by atoms with E-state index in [1.165, 1.54) is 6.92 Å². The maximum absolute atomic E-state index is 11.4. The van der Waals surface area contributed by atoms with Crippen LogP contribution in [0.2, 0.25) is 0 Å². The molecule has 0 aliphatic rings. The summed E-state index contributed by atoms with van der Waals surface area (Å²) in [4.78, 5) is 65.5. The molecule has 12 nitrogen and oxygen atoms in total. The van der Waals surface area contributed by atoms with Gasteiger partial charge in [-0.3, -0.25) is 14.4 Å². The van der Waals surface area contributed by atoms with E-state index in [4.69, 9.17) is 20.9 Å². The summed E-state index contributed by atoms with van der Waals surface area (Å²) >= 11 is 0. The normalized spacial score (nSPS) is 12.7. The summed E-state index contributed by atoms with van der Waals surface area (Å²) in [6, 6.07) is -1.22. The average molecular weight is 475 g/mol.